The van der Waals surface area contributed by atoms with Crippen molar-refractivity contribution in [3.63, 3.8) is 0 Å². The predicted octanol–water partition coefficient (Wildman–Crippen LogP) is 6.16. The number of thiophene rings is 1. The second-order valence-corrected chi connectivity index (χ2v) is 9.03. The number of rotatable bonds is 5. The molecule has 0 bridgehead atoms. The molecule has 1 nitrogen and oxygen atoms in total. The van der Waals surface area contributed by atoms with Crippen molar-refractivity contribution in [1.82, 2.24) is 0 Å². The molecule has 0 atom stereocenters. The van der Waals surface area contributed by atoms with Crippen molar-refractivity contribution in [2.75, 3.05) is 5.32 Å². The number of halogens is 1. The fraction of sp³-hybridized carbons (Fsp3) is 0.375. The van der Waals surface area contributed by atoms with Crippen LogP contribution in [0.4, 0.5) is 5.69 Å². The second kappa shape index (κ2) is 7.01. The lowest BCUT2D eigenvalue weighted by Gasteiger charge is -2.10. The summed E-state index contributed by atoms with van der Waals surface area (Å²) in [6, 6.07) is 13.1. The topological polar surface area (TPSA) is 12.0 Å². The Morgan fingerprint density at radius 2 is 1.85 bits per heavy atom. The van der Waals surface area contributed by atoms with Crippen LogP contribution in [-0.4, -0.2) is 5.25 Å². The van der Waals surface area contributed by atoms with Gasteiger partial charge in [0.25, 0.3) is 0 Å². The summed E-state index contributed by atoms with van der Waals surface area (Å²) in [4.78, 5) is 2.75. The lowest BCUT2D eigenvalue weighted by atomic mass is 10.3. The summed E-state index contributed by atoms with van der Waals surface area (Å²) in [5.74, 6) is 0. The Bertz CT molecular complexity index is 544. The van der Waals surface area contributed by atoms with Gasteiger partial charge in [0.05, 0.1) is 3.79 Å². The summed E-state index contributed by atoms with van der Waals surface area (Å²) in [7, 11) is 0. The first-order valence-electron chi connectivity index (χ1n) is 7.04. The maximum absolute atomic E-state index is 3.50. The van der Waals surface area contributed by atoms with E-state index in [9.17, 15) is 0 Å². The van der Waals surface area contributed by atoms with E-state index in [1.54, 1.807) is 11.3 Å². The number of thioether (sulfide) groups is 1. The SMILES string of the molecule is Brc1ccc(CNc2ccc(SC3CCCC3)cc2)s1. The molecule has 20 heavy (non-hydrogen) atoms. The number of anilines is 1. The molecular weight excluding hydrogens is 350 g/mol. The largest absolute Gasteiger partial charge is 0.380 e. The van der Waals surface area contributed by atoms with Gasteiger partial charge >= 0.3 is 0 Å². The van der Waals surface area contributed by atoms with Crippen LogP contribution in [0.1, 0.15) is 30.6 Å². The van der Waals surface area contributed by atoms with Gasteiger partial charge in [0.1, 0.15) is 0 Å². The van der Waals surface area contributed by atoms with E-state index in [2.05, 4.69) is 57.6 Å². The van der Waals surface area contributed by atoms with Crippen LogP contribution in [0.25, 0.3) is 0 Å². The minimum atomic E-state index is 0.845. The van der Waals surface area contributed by atoms with E-state index in [-0.39, 0.29) is 0 Å². The first-order valence-corrected chi connectivity index (χ1v) is 9.53. The van der Waals surface area contributed by atoms with Crippen molar-refractivity contribution in [1.29, 1.82) is 0 Å². The first kappa shape index (κ1) is 14.5. The number of hydrogen-bond donors (Lipinski definition) is 1. The Balaban J connectivity index is 1.52. The third kappa shape index (κ3) is 4.03. The van der Waals surface area contributed by atoms with Gasteiger partial charge < -0.3 is 5.32 Å². The molecule has 0 amide bonds. The molecule has 1 aromatic heterocycles. The summed E-state index contributed by atoms with van der Waals surface area (Å²) in [6.07, 6.45) is 5.59. The van der Waals surface area contributed by atoms with E-state index in [4.69, 9.17) is 0 Å². The highest BCUT2D eigenvalue weighted by molar-refractivity contribution is 9.11. The molecule has 1 aromatic carbocycles. The van der Waals surface area contributed by atoms with E-state index in [0.717, 1.165) is 11.8 Å². The zero-order valence-electron chi connectivity index (χ0n) is 11.3. The minimum absolute atomic E-state index is 0.845. The zero-order valence-corrected chi connectivity index (χ0v) is 14.5. The van der Waals surface area contributed by atoms with Gasteiger partial charge in [0.15, 0.2) is 0 Å². The van der Waals surface area contributed by atoms with E-state index in [1.807, 2.05) is 11.8 Å². The summed E-state index contributed by atoms with van der Waals surface area (Å²) in [5.41, 5.74) is 1.20. The highest BCUT2D eigenvalue weighted by atomic mass is 79.9. The molecule has 106 valence electrons. The molecule has 1 saturated carbocycles. The molecule has 0 spiro atoms. The van der Waals surface area contributed by atoms with E-state index < -0.39 is 0 Å². The first-order chi connectivity index (χ1) is 9.79. The van der Waals surface area contributed by atoms with Crippen molar-refractivity contribution in [2.24, 2.45) is 0 Å². The van der Waals surface area contributed by atoms with Crippen LogP contribution in [0.15, 0.2) is 45.1 Å². The van der Waals surface area contributed by atoms with Gasteiger partial charge in [-0.1, -0.05) is 12.8 Å². The molecule has 0 aliphatic heterocycles. The highest BCUT2D eigenvalue weighted by Gasteiger charge is 2.15. The summed E-state index contributed by atoms with van der Waals surface area (Å²) in [6.45, 7) is 0.894. The normalized spacial score (nSPS) is 15.7. The fourth-order valence-corrected chi connectivity index (χ4v) is 5.16. The number of benzene rings is 1. The van der Waals surface area contributed by atoms with Gasteiger partial charge in [-0.15, -0.1) is 23.1 Å². The minimum Gasteiger partial charge on any atom is -0.380 e. The quantitative estimate of drug-likeness (QED) is 0.679. The lowest BCUT2D eigenvalue weighted by Crippen LogP contribution is -1.97. The Morgan fingerprint density at radius 3 is 2.50 bits per heavy atom. The zero-order chi connectivity index (χ0) is 13.8. The van der Waals surface area contributed by atoms with E-state index in [1.165, 1.54) is 44.9 Å². The molecule has 0 radical (unpaired) electrons. The average Bonchev–Trinajstić information content (AvgIpc) is 3.10. The number of hydrogen-bond acceptors (Lipinski definition) is 3. The molecule has 4 heteroatoms. The van der Waals surface area contributed by atoms with E-state index >= 15 is 0 Å². The third-order valence-corrected chi connectivity index (χ3v) is 6.53. The molecule has 1 aliphatic rings. The maximum Gasteiger partial charge on any atom is 0.0702 e. The highest BCUT2D eigenvalue weighted by Crippen LogP contribution is 2.35. The monoisotopic (exact) mass is 367 g/mol. The van der Waals surface area contributed by atoms with Gasteiger partial charge in [-0.25, -0.2) is 0 Å². The maximum atomic E-state index is 3.50. The lowest BCUT2D eigenvalue weighted by molar-refractivity contribution is 0.886. The Hall–Kier alpha value is -0.450. The summed E-state index contributed by atoms with van der Waals surface area (Å²) in [5, 5.41) is 4.32. The van der Waals surface area contributed by atoms with Crippen LogP contribution in [0.3, 0.4) is 0 Å². The molecule has 1 N–H and O–H groups in total. The van der Waals surface area contributed by atoms with Crippen LogP contribution in [0, 0.1) is 0 Å². The average molecular weight is 368 g/mol. The van der Waals surface area contributed by atoms with Crippen LogP contribution >= 0.6 is 39.0 Å². The van der Waals surface area contributed by atoms with Crippen LogP contribution in [0.5, 0.6) is 0 Å². The molecule has 0 unspecified atom stereocenters. The van der Waals surface area contributed by atoms with Gasteiger partial charge in [0.2, 0.25) is 0 Å². The van der Waals surface area contributed by atoms with Crippen molar-refractivity contribution in [2.45, 2.75) is 42.4 Å². The van der Waals surface area contributed by atoms with Crippen molar-refractivity contribution in [3.8, 4) is 0 Å². The van der Waals surface area contributed by atoms with Gasteiger partial charge in [-0.2, -0.15) is 0 Å². The molecule has 2 aromatic rings. The molecule has 1 heterocycles. The van der Waals surface area contributed by atoms with Gasteiger partial charge in [0, 0.05) is 27.3 Å². The predicted molar refractivity (Wildman–Crippen MR) is 93.9 cm³/mol. The summed E-state index contributed by atoms with van der Waals surface area (Å²) >= 11 is 7.32. The van der Waals surface area contributed by atoms with Crippen LogP contribution < -0.4 is 5.32 Å². The van der Waals surface area contributed by atoms with Gasteiger partial charge in [-0.05, 0) is 65.2 Å². The fourth-order valence-electron chi connectivity index (χ4n) is 2.49. The molecule has 0 saturated heterocycles. The smallest absolute Gasteiger partial charge is 0.0702 e. The second-order valence-electron chi connectivity index (χ2n) is 5.11. The van der Waals surface area contributed by atoms with Crippen molar-refractivity contribution in [3.05, 3.63) is 45.1 Å². The van der Waals surface area contributed by atoms with E-state index in [0.29, 0.717) is 0 Å². The van der Waals surface area contributed by atoms with Crippen LogP contribution in [-0.2, 0) is 6.54 Å². The number of nitrogens with one attached hydrogen (secondary N) is 1. The van der Waals surface area contributed by atoms with Gasteiger partial charge in [-0.3, -0.25) is 0 Å². The third-order valence-electron chi connectivity index (χ3n) is 3.55. The Labute approximate surface area is 137 Å². The Morgan fingerprint density at radius 1 is 1.10 bits per heavy atom. The van der Waals surface area contributed by atoms with Crippen molar-refractivity contribution >= 4 is 44.7 Å². The van der Waals surface area contributed by atoms with Crippen LogP contribution in [0.2, 0.25) is 0 Å². The summed E-state index contributed by atoms with van der Waals surface area (Å²) < 4.78 is 1.19. The molecule has 3 rings (SSSR count). The Kier molecular flexibility index (Phi) is 5.08. The molecular formula is C16H18BrNS2. The molecule has 1 aliphatic carbocycles. The van der Waals surface area contributed by atoms with Crippen molar-refractivity contribution < 1.29 is 0 Å². The standard InChI is InChI=1S/C16H18BrNS2/c17-16-10-9-15(20-16)11-18-12-5-7-14(8-6-12)19-13-3-1-2-4-13/h5-10,13,18H,1-4,11H2. The molecule has 1 fully saturated rings.